The van der Waals surface area contributed by atoms with Gasteiger partial charge in [0.05, 0.1) is 22.8 Å². The van der Waals surface area contributed by atoms with Crippen LogP contribution >= 0.6 is 0 Å². The van der Waals surface area contributed by atoms with E-state index in [0.717, 1.165) is 51.0 Å². The largest absolute Gasteiger partial charge is 0.453 e. The monoisotopic (exact) mass is 439 g/mol. The number of benzene rings is 4. The van der Waals surface area contributed by atoms with Crippen LogP contribution in [0.2, 0.25) is 0 Å². The lowest BCUT2D eigenvalue weighted by molar-refractivity contribution is 0.476. The van der Waals surface area contributed by atoms with Gasteiger partial charge in [-0.2, -0.15) is 0 Å². The highest BCUT2D eigenvalue weighted by molar-refractivity contribution is 5.85. The minimum Gasteiger partial charge on any atom is -0.453 e. The number of anilines is 3. The van der Waals surface area contributed by atoms with Gasteiger partial charge in [0.1, 0.15) is 0 Å². The molecule has 0 bridgehead atoms. The molecule has 4 nitrogen and oxygen atoms in total. The molecule has 1 aromatic heterocycles. The first-order chi connectivity index (χ1) is 16.8. The average molecular weight is 440 g/mol. The molecule has 1 aliphatic heterocycles. The molecule has 34 heavy (non-hydrogen) atoms. The van der Waals surface area contributed by atoms with E-state index in [1.54, 1.807) is 0 Å². The Labute approximate surface area is 198 Å². The number of ether oxygens (including phenoxy) is 1. The van der Waals surface area contributed by atoms with Crippen molar-refractivity contribution in [2.24, 2.45) is 0 Å². The van der Waals surface area contributed by atoms with Gasteiger partial charge in [0.25, 0.3) is 0 Å². The summed E-state index contributed by atoms with van der Waals surface area (Å²) in [5.41, 5.74) is 6.62. The third-order valence-corrected chi connectivity index (χ3v) is 5.86. The SMILES string of the molecule is C=Cc1ccc(-c2cc(-c3ccccc3)nc(N3c4ccccc4Oc4ccccc43)n2)cc1. The molecule has 0 saturated carbocycles. The van der Waals surface area contributed by atoms with Crippen molar-refractivity contribution in [3.05, 3.63) is 121 Å². The molecule has 0 radical (unpaired) electrons. The van der Waals surface area contributed by atoms with Gasteiger partial charge in [-0.15, -0.1) is 0 Å². The summed E-state index contributed by atoms with van der Waals surface area (Å²) in [5, 5.41) is 0. The smallest absolute Gasteiger partial charge is 0.236 e. The lowest BCUT2D eigenvalue weighted by atomic mass is 10.1. The van der Waals surface area contributed by atoms with Crippen LogP contribution in [0.1, 0.15) is 5.56 Å². The Hall–Kier alpha value is -4.70. The van der Waals surface area contributed by atoms with Gasteiger partial charge >= 0.3 is 0 Å². The van der Waals surface area contributed by atoms with Crippen LogP contribution in [0.3, 0.4) is 0 Å². The highest BCUT2D eigenvalue weighted by Gasteiger charge is 2.27. The van der Waals surface area contributed by atoms with E-state index < -0.39 is 0 Å². The third kappa shape index (κ3) is 3.51. The fourth-order valence-electron chi connectivity index (χ4n) is 4.15. The second kappa shape index (κ2) is 8.34. The second-order valence-corrected chi connectivity index (χ2v) is 8.00. The van der Waals surface area contributed by atoms with Crippen LogP contribution < -0.4 is 9.64 Å². The predicted molar refractivity (Wildman–Crippen MR) is 138 cm³/mol. The first kappa shape index (κ1) is 19.9. The summed E-state index contributed by atoms with van der Waals surface area (Å²) in [7, 11) is 0. The summed E-state index contributed by atoms with van der Waals surface area (Å²) < 4.78 is 6.18. The fraction of sp³-hybridized carbons (Fsp3) is 0. The van der Waals surface area contributed by atoms with Crippen LogP contribution in [0.4, 0.5) is 17.3 Å². The number of nitrogens with zero attached hydrogens (tertiary/aromatic N) is 3. The predicted octanol–water partition coefficient (Wildman–Crippen LogP) is 8.03. The minimum atomic E-state index is 0.590. The average Bonchev–Trinajstić information content (AvgIpc) is 2.92. The summed E-state index contributed by atoms with van der Waals surface area (Å²) in [6.45, 7) is 3.86. The molecular weight excluding hydrogens is 418 g/mol. The standard InChI is InChI=1S/C30H21N3O/c1-2-21-16-18-23(19-17-21)25-20-24(22-10-4-3-5-11-22)31-30(32-25)33-26-12-6-8-14-28(26)34-29-15-9-7-13-27(29)33/h2-20H,1H2. The maximum absolute atomic E-state index is 6.18. The highest BCUT2D eigenvalue weighted by Crippen LogP contribution is 2.49. The molecule has 0 fully saturated rings. The Kier molecular flexibility index (Phi) is 4.89. The molecule has 6 rings (SSSR count). The number of fused-ring (bicyclic) bond motifs is 2. The maximum Gasteiger partial charge on any atom is 0.236 e. The molecule has 5 aromatic rings. The third-order valence-electron chi connectivity index (χ3n) is 5.86. The topological polar surface area (TPSA) is 38.2 Å². The van der Waals surface area contributed by atoms with E-state index in [2.05, 4.69) is 35.7 Å². The lowest BCUT2D eigenvalue weighted by Gasteiger charge is -2.31. The Morgan fingerprint density at radius 2 is 1.15 bits per heavy atom. The number of rotatable bonds is 4. The Bertz CT molecular complexity index is 1450. The molecule has 0 spiro atoms. The van der Waals surface area contributed by atoms with Crippen molar-refractivity contribution in [2.75, 3.05) is 4.90 Å². The highest BCUT2D eigenvalue weighted by atomic mass is 16.5. The summed E-state index contributed by atoms with van der Waals surface area (Å²) in [6, 6.07) is 36.4. The number of para-hydroxylation sites is 4. The zero-order chi connectivity index (χ0) is 22.9. The molecule has 0 saturated heterocycles. The van der Waals surface area contributed by atoms with E-state index in [4.69, 9.17) is 14.7 Å². The number of aromatic nitrogens is 2. The first-order valence-electron chi connectivity index (χ1n) is 11.1. The van der Waals surface area contributed by atoms with Gasteiger partial charge in [-0.05, 0) is 35.9 Å². The molecule has 4 heteroatoms. The summed E-state index contributed by atoms with van der Waals surface area (Å²) >= 11 is 0. The van der Waals surface area contributed by atoms with E-state index in [1.807, 2.05) is 91.0 Å². The van der Waals surface area contributed by atoms with Crippen LogP contribution in [0.5, 0.6) is 11.5 Å². The van der Waals surface area contributed by atoms with Crippen molar-refractivity contribution in [2.45, 2.75) is 0 Å². The van der Waals surface area contributed by atoms with E-state index in [9.17, 15) is 0 Å². The van der Waals surface area contributed by atoms with E-state index in [0.29, 0.717) is 5.95 Å². The summed E-state index contributed by atoms with van der Waals surface area (Å²) in [6.07, 6.45) is 1.84. The quantitative estimate of drug-likeness (QED) is 0.279. The fourth-order valence-corrected chi connectivity index (χ4v) is 4.15. The molecule has 0 N–H and O–H groups in total. The van der Waals surface area contributed by atoms with E-state index >= 15 is 0 Å². The normalized spacial score (nSPS) is 11.8. The van der Waals surface area contributed by atoms with Crippen molar-refractivity contribution in [1.82, 2.24) is 9.97 Å². The molecule has 0 amide bonds. The zero-order valence-electron chi connectivity index (χ0n) is 18.4. The number of hydrogen-bond acceptors (Lipinski definition) is 4. The molecule has 1 aliphatic rings. The molecule has 0 unspecified atom stereocenters. The molecule has 0 aliphatic carbocycles. The van der Waals surface area contributed by atoms with Gasteiger partial charge in [0.2, 0.25) is 5.95 Å². The van der Waals surface area contributed by atoms with Crippen LogP contribution in [-0.4, -0.2) is 9.97 Å². The molecule has 0 atom stereocenters. The van der Waals surface area contributed by atoms with Crippen molar-refractivity contribution in [3.63, 3.8) is 0 Å². The van der Waals surface area contributed by atoms with Crippen LogP contribution in [0.15, 0.2) is 116 Å². The van der Waals surface area contributed by atoms with Gasteiger partial charge in [-0.3, -0.25) is 4.90 Å². The van der Waals surface area contributed by atoms with Gasteiger partial charge in [0, 0.05) is 11.1 Å². The summed E-state index contributed by atoms with van der Waals surface area (Å²) in [5.74, 6) is 2.13. The van der Waals surface area contributed by atoms with Gasteiger partial charge in [0.15, 0.2) is 11.5 Å². The van der Waals surface area contributed by atoms with Crippen LogP contribution in [0, 0.1) is 0 Å². The van der Waals surface area contributed by atoms with E-state index in [1.165, 1.54) is 0 Å². The Balaban J connectivity index is 1.59. The first-order valence-corrected chi connectivity index (χ1v) is 11.1. The maximum atomic E-state index is 6.18. The Morgan fingerprint density at radius 3 is 1.74 bits per heavy atom. The molecule has 2 heterocycles. The van der Waals surface area contributed by atoms with Crippen molar-refractivity contribution in [1.29, 1.82) is 0 Å². The van der Waals surface area contributed by atoms with Gasteiger partial charge in [-0.1, -0.05) is 91.5 Å². The van der Waals surface area contributed by atoms with Crippen molar-refractivity contribution < 1.29 is 4.74 Å². The van der Waals surface area contributed by atoms with Crippen molar-refractivity contribution >= 4 is 23.4 Å². The zero-order valence-corrected chi connectivity index (χ0v) is 18.4. The lowest BCUT2D eigenvalue weighted by Crippen LogP contribution is -2.18. The van der Waals surface area contributed by atoms with Gasteiger partial charge in [-0.25, -0.2) is 9.97 Å². The van der Waals surface area contributed by atoms with Crippen molar-refractivity contribution in [3.8, 4) is 34.0 Å². The van der Waals surface area contributed by atoms with Crippen LogP contribution in [0.25, 0.3) is 28.6 Å². The van der Waals surface area contributed by atoms with Gasteiger partial charge < -0.3 is 4.74 Å². The minimum absolute atomic E-state index is 0.590. The molecule has 162 valence electrons. The van der Waals surface area contributed by atoms with E-state index in [-0.39, 0.29) is 0 Å². The molecular formula is C30H21N3O. The Morgan fingerprint density at radius 1 is 0.618 bits per heavy atom. The molecule has 4 aromatic carbocycles. The summed E-state index contributed by atoms with van der Waals surface area (Å²) in [4.78, 5) is 12.1. The van der Waals surface area contributed by atoms with Crippen LogP contribution in [-0.2, 0) is 0 Å². The number of hydrogen-bond donors (Lipinski definition) is 0. The second-order valence-electron chi connectivity index (χ2n) is 8.00.